The van der Waals surface area contributed by atoms with Gasteiger partial charge in [-0.2, -0.15) is 9.78 Å². The molecule has 3 aromatic heterocycles. The predicted octanol–water partition coefficient (Wildman–Crippen LogP) is 2.36. The third-order valence-electron chi connectivity index (χ3n) is 4.21. The molecule has 5 rings (SSSR count). The molecule has 1 atom stereocenters. The smallest absolute Gasteiger partial charge is 0.288 e. The van der Waals surface area contributed by atoms with Crippen LogP contribution in [-0.4, -0.2) is 30.4 Å². The van der Waals surface area contributed by atoms with Gasteiger partial charge in [0.25, 0.3) is 5.56 Å². The Morgan fingerprint density at radius 3 is 2.81 bits per heavy atom. The molecule has 2 N–H and O–H groups in total. The van der Waals surface area contributed by atoms with Gasteiger partial charge in [0, 0.05) is 10.6 Å². The van der Waals surface area contributed by atoms with Gasteiger partial charge in [-0.05, 0) is 40.3 Å². The molecule has 0 fully saturated rings. The van der Waals surface area contributed by atoms with Gasteiger partial charge in [-0.15, -0.1) is 0 Å². The van der Waals surface area contributed by atoms with Crippen molar-refractivity contribution in [1.29, 1.82) is 0 Å². The second-order valence-electron chi connectivity index (χ2n) is 5.69. The van der Waals surface area contributed by atoms with Crippen LogP contribution in [0, 0.1) is 0 Å². The molecule has 0 spiro atoms. The lowest BCUT2D eigenvalue weighted by Gasteiger charge is -2.27. The maximum atomic E-state index is 12.4. The number of furan rings is 1. The Morgan fingerprint density at radius 1 is 1.19 bits per heavy atom. The summed E-state index contributed by atoms with van der Waals surface area (Å²) in [7, 11) is 0. The van der Waals surface area contributed by atoms with E-state index >= 15 is 0 Å². The number of anilines is 2. The molecule has 0 radical (unpaired) electrons. The van der Waals surface area contributed by atoms with Gasteiger partial charge in [-0.3, -0.25) is 4.79 Å². The van der Waals surface area contributed by atoms with Crippen LogP contribution in [0.15, 0.2) is 51.9 Å². The van der Waals surface area contributed by atoms with Gasteiger partial charge in [0.15, 0.2) is 5.76 Å². The molecule has 10 heteroatoms. The third-order valence-corrected chi connectivity index (χ3v) is 4.46. The van der Waals surface area contributed by atoms with E-state index in [1.165, 1.54) is 0 Å². The van der Waals surface area contributed by atoms with Crippen molar-refractivity contribution in [1.82, 2.24) is 30.4 Å². The Bertz CT molecular complexity index is 1150. The van der Waals surface area contributed by atoms with Crippen LogP contribution in [-0.2, 0) is 0 Å². The molecule has 4 heterocycles. The van der Waals surface area contributed by atoms with E-state index in [1.54, 1.807) is 35.2 Å². The van der Waals surface area contributed by atoms with E-state index in [0.717, 1.165) is 5.56 Å². The molecule has 0 amide bonds. The number of benzene rings is 1. The van der Waals surface area contributed by atoms with E-state index in [4.69, 9.17) is 16.0 Å². The third kappa shape index (κ3) is 2.14. The average molecular weight is 368 g/mol. The van der Waals surface area contributed by atoms with Crippen LogP contribution in [0.1, 0.15) is 17.2 Å². The van der Waals surface area contributed by atoms with Crippen molar-refractivity contribution in [2.24, 2.45) is 0 Å². The fourth-order valence-corrected chi connectivity index (χ4v) is 3.22. The highest BCUT2D eigenvalue weighted by atomic mass is 35.5. The molecule has 4 aromatic rings. The number of halogens is 1. The zero-order valence-electron chi connectivity index (χ0n) is 13.0. The van der Waals surface area contributed by atoms with Crippen LogP contribution in [0.4, 0.5) is 11.6 Å². The van der Waals surface area contributed by atoms with Crippen molar-refractivity contribution in [2.75, 3.05) is 5.32 Å². The van der Waals surface area contributed by atoms with Crippen molar-refractivity contribution in [3.05, 3.63) is 69.2 Å². The molecule has 1 aromatic carbocycles. The minimum Gasteiger partial charge on any atom is -0.463 e. The number of aromatic amines is 1. The number of fused-ring (bicyclic) bond motifs is 2. The van der Waals surface area contributed by atoms with Crippen molar-refractivity contribution >= 4 is 23.2 Å². The molecular weight excluding hydrogens is 358 g/mol. The Balaban J connectivity index is 1.83. The van der Waals surface area contributed by atoms with Crippen molar-refractivity contribution in [3.63, 3.8) is 0 Å². The van der Waals surface area contributed by atoms with E-state index in [-0.39, 0.29) is 5.56 Å². The normalized spacial score (nSPS) is 15.2. The van der Waals surface area contributed by atoms with E-state index in [2.05, 4.69) is 31.0 Å². The summed E-state index contributed by atoms with van der Waals surface area (Å²) in [5, 5.41) is 22.0. The number of H-pyrrole nitrogens is 1. The first-order valence-corrected chi connectivity index (χ1v) is 8.07. The summed E-state index contributed by atoms with van der Waals surface area (Å²) in [5.41, 5.74) is 1.92. The number of nitrogens with zero attached hydrogens (tertiary/aromatic N) is 5. The fourth-order valence-electron chi connectivity index (χ4n) is 3.09. The Hall–Kier alpha value is -3.46. The first kappa shape index (κ1) is 14.8. The summed E-state index contributed by atoms with van der Waals surface area (Å²) in [6.45, 7) is 0. The Morgan fingerprint density at radius 2 is 2.04 bits per heavy atom. The van der Waals surface area contributed by atoms with Crippen LogP contribution in [0.25, 0.3) is 11.5 Å². The van der Waals surface area contributed by atoms with E-state index < -0.39 is 6.04 Å². The Kier molecular flexibility index (Phi) is 3.16. The standard InChI is InChI=1S/C16H10ClN7O2/c17-9-5-3-8(4-6-9)14-11-12(10-2-1-7-26-10)19-20-15(25)13(11)18-16-21-22-23-24(14)16/h1-7,14H,(H,20,25)(H,18,21,23)/t14-/m1/s1. The minimum absolute atomic E-state index is 0.327. The lowest BCUT2D eigenvalue weighted by atomic mass is 9.94. The number of rotatable bonds is 2. The lowest BCUT2D eigenvalue weighted by molar-refractivity contribution is 0.554. The predicted molar refractivity (Wildman–Crippen MR) is 92.4 cm³/mol. The van der Waals surface area contributed by atoms with Crippen LogP contribution in [0.3, 0.4) is 0 Å². The summed E-state index contributed by atoms with van der Waals surface area (Å²) < 4.78 is 7.10. The maximum absolute atomic E-state index is 12.4. The van der Waals surface area contributed by atoms with Gasteiger partial charge in [0.1, 0.15) is 17.4 Å². The number of aromatic nitrogens is 6. The summed E-state index contributed by atoms with van der Waals surface area (Å²) in [5.74, 6) is 0.884. The number of hydrogen-bond acceptors (Lipinski definition) is 7. The van der Waals surface area contributed by atoms with Crippen LogP contribution >= 0.6 is 11.6 Å². The van der Waals surface area contributed by atoms with Gasteiger partial charge >= 0.3 is 0 Å². The first-order chi connectivity index (χ1) is 12.7. The number of tetrazole rings is 1. The molecule has 26 heavy (non-hydrogen) atoms. The van der Waals surface area contributed by atoms with Gasteiger partial charge in [0.05, 0.1) is 6.26 Å². The molecule has 0 saturated carbocycles. The van der Waals surface area contributed by atoms with E-state index in [9.17, 15) is 4.79 Å². The molecule has 1 aliphatic heterocycles. The summed E-state index contributed by atoms with van der Waals surface area (Å²) in [6, 6.07) is 10.3. The quantitative estimate of drug-likeness (QED) is 0.492. The topological polar surface area (TPSA) is 115 Å². The molecule has 0 unspecified atom stereocenters. The highest BCUT2D eigenvalue weighted by molar-refractivity contribution is 6.30. The fraction of sp³-hybridized carbons (Fsp3) is 0.0625. The zero-order chi connectivity index (χ0) is 17.7. The lowest BCUT2D eigenvalue weighted by Crippen LogP contribution is -2.29. The van der Waals surface area contributed by atoms with Gasteiger partial charge in [-0.25, -0.2) is 5.10 Å². The van der Waals surface area contributed by atoms with Crippen molar-refractivity contribution in [2.45, 2.75) is 6.04 Å². The zero-order valence-corrected chi connectivity index (χ0v) is 13.8. The molecule has 0 aliphatic carbocycles. The Labute approximate surface area is 150 Å². The largest absolute Gasteiger partial charge is 0.463 e. The van der Waals surface area contributed by atoms with Gasteiger partial charge in [-0.1, -0.05) is 28.8 Å². The van der Waals surface area contributed by atoms with E-state index in [1.807, 2.05) is 12.1 Å². The summed E-state index contributed by atoms with van der Waals surface area (Å²) in [6.07, 6.45) is 1.55. The molecule has 0 saturated heterocycles. The van der Waals surface area contributed by atoms with Gasteiger partial charge < -0.3 is 9.73 Å². The van der Waals surface area contributed by atoms with Gasteiger partial charge in [0.2, 0.25) is 5.95 Å². The second-order valence-corrected chi connectivity index (χ2v) is 6.13. The van der Waals surface area contributed by atoms with E-state index in [0.29, 0.717) is 33.7 Å². The molecule has 0 bridgehead atoms. The highest BCUT2D eigenvalue weighted by Gasteiger charge is 2.34. The molecule has 9 nitrogen and oxygen atoms in total. The maximum Gasteiger partial charge on any atom is 0.288 e. The highest BCUT2D eigenvalue weighted by Crippen LogP contribution is 2.41. The molecule has 1 aliphatic rings. The number of hydrogen-bond donors (Lipinski definition) is 2. The summed E-state index contributed by atoms with van der Waals surface area (Å²) >= 11 is 6.03. The first-order valence-electron chi connectivity index (χ1n) is 7.69. The van der Waals surface area contributed by atoms with Crippen molar-refractivity contribution < 1.29 is 4.42 Å². The molecular formula is C16H10ClN7O2. The number of nitrogens with one attached hydrogen (secondary N) is 2. The molecule has 128 valence electrons. The minimum atomic E-state index is -0.469. The monoisotopic (exact) mass is 367 g/mol. The van der Waals surface area contributed by atoms with Crippen molar-refractivity contribution in [3.8, 4) is 11.5 Å². The van der Waals surface area contributed by atoms with Crippen LogP contribution < -0.4 is 10.9 Å². The second kappa shape index (κ2) is 5.53. The SMILES string of the molecule is O=c1[nH]nc(-c2ccco2)c2c1Nc1nnnn1[C@@H]2c1ccc(Cl)cc1. The average Bonchev–Trinajstić information content (AvgIpc) is 3.33. The van der Waals surface area contributed by atoms with Crippen LogP contribution in [0.2, 0.25) is 5.02 Å². The van der Waals surface area contributed by atoms with Crippen LogP contribution in [0.5, 0.6) is 0 Å². The summed E-state index contributed by atoms with van der Waals surface area (Å²) in [4.78, 5) is 12.4.